The minimum Gasteiger partial charge on any atom is -0.340 e. The summed E-state index contributed by atoms with van der Waals surface area (Å²) in [5.74, 6) is -0.197. The van der Waals surface area contributed by atoms with E-state index < -0.39 is 17.3 Å². The summed E-state index contributed by atoms with van der Waals surface area (Å²) >= 11 is 0. The Morgan fingerprint density at radius 2 is 1.76 bits per heavy atom. The molecule has 0 unspecified atom stereocenters. The van der Waals surface area contributed by atoms with Gasteiger partial charge in [0.1, 0.15) is 5.54 Å². The number of halogens is 3. The van der Waals surface area contributed by atoms with Gasteiger partial charge in [0.25, 0.3) is 5.91 Å². The zero-order valence-corrected chi connectivity index (χ0v) is 18.5. The number of rotatable bonds is 6. The Balaban J connectivity index is 1.20. The Morgan fingerprint density at radius 1 is 1.06 bits per heavy atom. The van der Waals surface area contributed by atoms with Gasteiger partial charge in [0.05, 0.1) is 5.56 Å². The van der Waals surface area contributed by atoms with Crippen molar-refractivity contribution in [2.24, 2.45) is 0 Å². The lowest BCUT2D eigenvalue weighted by atomic mass is 9.98. The molecule has 4 amide bonds. The lowest BCUT2D eigenvalue weighted by molar-refractivity contribution is -0.137. The fraction of sp³-hybridized carbons (Fsp3) is 0.609. The first kappa shape index (κ1) is 23.5. The van der Waals surface area contributed by atoms with Crippen molar-refractivity contribution in [1.29, 1.82) is 0 Å². The Morgan fingerprint density at radius 3 is 2.42 bits per heavy atom. The largest absolute Gasteiger partial charge is 0.416 e. The molecule has 1 aromatic carbocycles. The van der Waals surface area contributed by atoms with E-state index in [1.54, 1.807) is 11.0 Å². The Bertz CT molecular complexity index is 906. The Labute approximate surface area is 190 Å². The van der Waals surface area contributed by atoms with Gasteiger partial charge in [0.15, 0.2) is 0 Å². The normalized spacial score (nSPS) is 21.2. The number of alkyl halides is 3. The van der Waals surface area contributed by atoms with Gasteiger partial charge in [-0.25, -0.2) is 4.79 Å². The number of hydrogen-bond acceptors (Lipinski definition) is 4. The standard InChI is InChI=1S/C23H29F3N4O3/c24-23(25,26)18-6-3-5-17(15-18)16-28-11-13-29(14-12-28)19(31)7-4-10-30-20(32)22(27-21(30)33)8-1-2-9-22/h3,5-6,15H,1-2,4,7-14,16H2,(H,27,33). The van der Waals surface area contributed by atoms with Gasteiger partial charge in [0.2, 0.25) is 5.91 Å². The third-order valence-corrected chi connectivity index (χ3v) is 6.86. The molecule has 2 aliphatic heterocycles. The quantitative estimate of drug-likeness (QED) is 0.655. The maximum Gasteiger partial charge on any atom is 0.416 e. The highest BCUT2D eigenvalue weighted by Crippen LogP contribution is 2.35. The van der Waals surface area contributed by atoms with Crippen LogP contribution >= 0.6 is 0 Å². The van der Waals surface area contributed by atoms with Crippen molar-refractivity contribution in [2.45, 2.75) is 56.8 Å². The van der Waals surface area contributed by atoms with Gasteiger partial charge in [-0.05, 0) is 30.9 Å². The van der Waals surface area contributed by atoms with E-state index in [0.29, 0.717) is 57.5 Å². The summed E-state index contributed by atoms with van der Waals surface area (Å²) in [4.78, 5) is 42.5. The van der Waals surface area contributed by atoms with Gasteiger partial charge in [0, 0.05) is 45.7 Å². The highest BCUT2D eigenvalue weighted by atomic mass is 19.4. The van der Waals surface area contributed by atoms with E-state index in [2.05, 4.69) is 5.32 Å². The number of urea groups is 1. The SMILES string of the molecule is O=C(CCCN1C(=O)NC2(CCCC2)C1=O)N1CCN(Cc2cccc(C(F)(F)F)c2)CC1. The summed E-state index contributed by atoms with van der Waals surface area (Å²) in [6.45, 7) is 2.80. The topological polar surface area (TPSA) is 73.0 Å². The van der Waals surface area contributed by atoms with Crippen LogP contribution in [0.5, 0.6) is 0 Å². The fourth-order valence-corrected chi connectivity index (χ4v) is 5.00. The molecule has 1 aromatic rings. The smallest absolute Gasteiger partial charge is 0.340 e. The molecular formula is C23H29F3N4O3. The summed E-state index contributed by atoms with van der Waals surface area (Å²) in [5, 5.41) is 2.84. The predicted octanol–water partition coefficient (Wildman–Crippen LogP) is 2.99. The molecule has 1 N–H and O–H groups in total. The van der Waals surface area contributed by atoms with Gasteiger partial charge in [-0.2, -0.15) is 13.2 Å². The average molecular weight is 467 g/mol. The van der Waals surface area contributed by atoms with Gasteiger partial charge in [-0.3, -0.25) is 19.4 Å². The lowest BCUT2D eigenvalue weighted by Gasteiger charge is -2.35. The Kier molecular flexibility index (Phi) is 6.65. The van der Waals surface area contributed by atoms with Crippen LogP contribution in [0.25, 0.3) is 0 Å². The van der Waals surface area contributed by atoms with Crippen LogP contribution in [0.3, 0.4) is 0 Å². The van der Waals surface area contributed by atoms with Crippen molar-refractivity contribution in [1.82, 2.24) is 20.0 Å². The average Bonchev–Trinajstić information content (AvgIpc) is 3.34. The molecule has 4 rings (SSSR count). The molecule has 33 heavy (non-hydrogen) atoms. The van der Waals surface area contributed by atoms with Crippen LogP contribution < -0.4 is 5.32 Å². The van der Waals surface area contributed by atoms with E-state index in [1.165, 1.54) is 17.0 Å². The van der Waals surface area contributed by atoms with Gasteiger partial charge < -0.3 is 10.2 Å². The van der Waals surface area contributed by atoms with Gasteiger partial charge >= 0.3 is 12.2 Å². The summed E-state index contributed by atoms with van der Waals surface area (Å²) in [5.41, 5.74) is -0.784. The molecule has 7 nitrogen and oxygen atoms in total. The molecule has 0 bridgehead atoms. The number of benzene rings is 1. The molecule has 1 aliphatic carbocycles. The third-order valence-electron chi connectivity index (χ3n) is 6.86. The molecule has 0 atom stereocenters. The first-order chi connectivity index (χ1) is 15.7. The molecule has 0 aromatic heterocycles. The molecular weight excluding hydrogens is 437 g/mol. The minimum absolute atomic E-state index is 0.0312. The van der Waals surface area contributed by atoms with Gasteiger partial charge in [-0.15, -0.1) is 0 Å². The van der Waals surface area contributed by atoms with E-state index in [4.69, 9.17) is 0 Å². The summed E-state index contributed by atoms with van der Waals surface area (Å²) in [6.07, 6.45) is -0.485. The van der Waals surface area contributed by atoms with E-state index in [0.717, 1.165) is 18.9 Å². The van der Waals surface area contributed by atoms with Crippen LogP contribution in [-0.4, -0.2) is 70.8 Å². The molecule has 10 heteroatoms. The van der Waals surface area contributed by atoms with E-state index in [9.17, 15) is 27.6 Å². The zero-order chi connectivity index (χ0) is 23.6. The number of imide groups is 1. The summed E-state index contributed by atoms with van der Waals surface area (Å²) in [6, 6.07) is 4.96. The van der Waals surface area contributed by atoms with E-state index >= 15 is 0 Å². The van der Waals surface area contributed by atoms with Crippen molar-refractivity contribution >= 4 is 17.8 Å². The lowest BCUT2D eigenvalue weighted by Crippen LogP contribution is -2.48. The minimum atomic E-state index is -4.36. The Hall–Kier alpha value is -2.62. The van der Waals surface area contributed by atoms with Crippen LogP contribution in [0.2, 0.25) is 0 Å². The third kappa shape index (κ3) is 5.15. The number of piperazine rings is 1. The second-order valence-electron chi connectivity index (χ2n) is 9.13. The predicted molar refractivity (Wildman–Crippen MR) is 114 cm³/mol. The maximum absolute atomic E-state index is 12.9. The molecule has 3 aliphatic rings. The molecule has 2 heterocycles. The summed E-state index contributed by atoms with van der Waals surface area (Å²) < 4.78 is 38.7. The number of amides is 4. The fourth-order valence-electron chi connectivity index (χ4n) is 5.00. The second kappa shape index (κ2) is 9.32. The molecule has 3 fully saturated rings. The highest BCUT2D eigenvalue weighted by molar-refractivity contribution is 6.07. The number of nitrogens with one attached hydrogen (secondary N) is 1. The number of carbonyl (C=O) groups excluding carboxylic acids is 3. The molecule has 2 saturated heterocycles. The maximum atomic E-state index is 12.9. The number of hydrogen-bond donors (Lipinski definition) is 1. The van der Waals surface area contributed by atoms with Gasteiger partial charge in [-0.1, -0.05) is 31.0 Å². The van der Waals surface area contributed by atoms with Crippen LogP contribution in [0, 0.1) is 0 Å². The molecule has 0 radical (unpaired) electrons. The number of nitrogens with zero attached hydrogens (tertiary/aromatic N) is 3. The van der Waals surface area contributed by atoms with Crippen molar-refractivity contribution in [3.63, 3.8) is 0 Å². The van der Waals surface area contributed by atoms with E-state index in [-0.39, 0.29) is 30.8 Å². The zero-order valence-electron chi connectivity index (χ0n) is 18.5. The second-order valence-corrected chi connectivity index (χ2v) is 9.13. The first-order valence-corrected chi connectivity index (χ1v) is 11.5. The van der Waals surface area contributed by atoms with Crippen molar-refractivity contribution < 1.29 is 27.6 Å². The molecule has 1 spiro atoms. The van der Waals surface area contributed by atoms with Crippen molar-refractivity contribution in [2.75, 3.05) is 32.7 Å². The van der Waals surface area contributed by atoms with Crippen LogP contribution in [0.1, 0.15) is 49.7 Å². The van der Waals surface area contributed by atoms with E-state index in [1.807, 2.05) is 4.90 Å². The highest BCUT2D eigenvalue weighted by Gasteiger charge is 2.52. The van der Waals surface area contributed by atoms with Crippen LogP contribution in [0.15, 0.2) is 24.3 Å². The monoisotopic (exact) mass is 466 g/mol. The van der Waals surface area contributed by atoms with Crippen LogP contribution in [0.4, 0.5) is 18.0 Å². The number of carbonyl (C=O) groups is 3. The van der Waals surface area contributed by atoms with Crippen LogP contribution in [-0.2, 0) is 22.3 Å². The van der Waals surface area contributed by atoms with Crippen molar-refractivity contribution in [3.8, 4) is 0 Å². The summed E-state index contributed by atoms with van der Waals surface area (Å²) in [7, 11) is 0. The first-order valence-electron chi connectivity index (χ1n) is 11.5. The molecule has 1 saturated carbocycles. The van der Waals surface area contributed by atoms with Crippen molar-refractivity contribution in [3.05, 3.63) is 35.4 Å². The molecule has 180 valence electrons.